The van der Waals surface area contributed by atoms with Crippen molar-refractivity contribution in [3.05, 3.63) is 60.2 Å². The summed E-state index contributed by atoms with van der Waals surface area (Å²) >= 11 is 0. The Hall–Kier alpha value is -2.57. The van der Waals surface area contributed by atoms with E-state index in [4.69, 9.17) is 15.2 Å². The maximum Gasteiger partial charge on any atom is 0.319 e. The van der Waals surface area contributed by atoms with Crippen molar-refractivity contribution < 1.29 is 14.3 Å². The number of nitrogens with zero attached hydrogens (tertiary/aromatic N) is 2. The van der Waals surface area contributed by atoms with Gasteiger partial charge in [0.2, 0.25) is 0 Å². The van der Waals surface area contributed by atoms with E-state index < -0.39 is 6.03 Å². The first-order valence-electron chi connectivity index (χ1n) is 13.1. The van der Waals surface area contributed by atoms with E-state index in [2.05, 4.69) is 49.9 Å². The fourth-order valence-electron chi connectivity index (χ4n) is 6.16. The van der Waals surface area contributed by atoms with E-state index in [0.29, 0.717) is 13.2 Å². The summed E-state index contributed by atoms with van der Waals surface area (Å²) in [7, 11) is 0. The molecule has 1 aliphatic heterocycles. The highest BCUT2D eigenvalue weighted by Gasteiger charge is 2.51. The van der Waals surface area contributed by atoms with Crippen LogP contribution in [0.25, 0.3) is 0 Å². The molecule has 2 aromatic carbocycles. The maximum atomic E-state index is 12.1. The number of anilines is 1. The molecular formula is C29H39N3O3. The molecule has 2 amide bonds. The van der Waals surface area contributed by atoms with Gasteiger partial charge in [-0.2, -0.15) is 0 Å². The Bertz CT molecular complexity index is 994. The standard InChI is InChI=1S/C29H39N3O3/c1-29(2,3)32-18-23(35-27(32)20-8-5-4-6-9-20)19-34-22-14-12-21(13-15-22)31(28(30)33)17-16-26-24-10-7-11-25(24)26/h4-6,8-9,12-15,23-27H,7,10-11,16-19H2,1-3H3,(H2,30,33). The second-order valence-electron chi connectivity index (χ2n) is 11.4. The number of carbonyl (C=O) groups is 1. The van der Waals surface area contributed by atoms with E-state index in [-0.39, 0.29) is 17.9 Å². The topological polar surface area (TPSA) is 68.0 Å². The largest absolute Gasteiger partial charge is 0.491 e. The predicted octanol–water partition coefficient (Wildman–Crippen LogP) is 5.58. The summed E-state index contributed by atoms with van der Waals surface area (Å²) in [5.74, 6) is 3.35. The van der Waals surface area contributed by atoms with Crippen LogP contribution in [0.4, 0.5) is 10.5 Å². The summed E-state index contributed by atoms with van der Waals surface area (Å²) < 4.78 is 12.5. The number of hydrogen-bond acceptors (Lipinski definition) is 4. The van der Waals surface area contributed by atoms with Crippen molar-refractivity contribution in [1.29, 1.82) is 0 Å². The van der Waals surface area contributed by atoms with E-state index in [1.165, 1.54) is 19.3 Å². The van der Waals surface area contributed by atoms with Crippen molar-refractivity contribution in [1.82, 2.24) is 4.90 Å². The minimum absolute atomic E-state index is 0.0196. The highest BCUT2D eigenvalue weighted by Crippen LogP contribution is 2.59. The molecule has 3 aliphatic rings. The minimum Gasteiger partial charge on any atom is -0.491 e. The minimum atomic E-state index is -0.391. The molecule has 4 atom stereocenters. The SMILES string of the molecule is CC(C)(C)N1CC(COc2ccc(N(CCC3C4CCCC43)C(N)=O)cc2)OC1c1ccccc1. The van der Waals surface area contributed by atoms with Gasteiger partial charge in [-0.1, -0.05) is 36.8 Å². The van der Waals surface area contributed by atoms with Gasteiger partial charge in [-0.15, -0.1) is 0 Å². The first kappa shape index (κ1) is 24.1. The van der Waals surface area contributed by atoms with Gasteiger partial charge < -0.3 is 15.2 Å². The fourth-order valence-corrected chi connectivity index (χ4v) is 6.16. The molecular weight excluding hydrogens is 438 g/mol. The second-order valence-corrected chi connectivity index (χ2v) is 11.4. The van der Waals surface area contributed by atoms with E-state index in [1.807, 2.05) is 30.3 Å². The summed E-state index contributed by atoms with van der Waals surface area (Å²) in [6.45, 7) is 8.61. The van der Waals surface area contributed by atoms with E-state index in [9.17, 15) is 4.79 Å². The number of hydrogen-bond donors (Lipinski definition) is 1. The van der Waals surface area contributed by atoms with Crippen LogP contribution in [0.3, 0.4) is 0 Å². The number of rotatable bonds is 8. The summed E-state index contributed by atoms with van der Waals surface area (Å²) in [5.41, 5.74) is 7.69. The number of ether oxygens (including phenoxy) is 2. The summed E-state index contributed by atoms with van der Waals surface area (Å²) in [4.78, 5) is 16.2. The van der Waals surface area contributed by atoms with Gasteiger partial charge in [0.05, 0.1) is 0 Å². The molecule has 0 bridgehead atoms. The lowest BCUT2D eigenvalue weighted by Gasteiger charge is -2.35. The number of nitrogens with two attached hydrogens (primary N) is 1. The van der Waals surface area contributed by atoms with Crippen molar-refractivity contribution >= 4 is 11.7 Å². The Kier molecular flexibility index (Phi) is 6.78. The van der Waals surface area contributed by atoms with Crippen LogP contribution in [0.1, 0.15) is 58.2 Å². The van der Waals surface area contributed by atoms with Crippen molar-refractivity contribution in [2.75, 3.05) is 24.6 Å². The molecule has 3 fully saturated rings. The predicted molar refractivity (Wildman–Crippen MR) is 138 cm³/mol. The van der Waals surface area contributed by atoms with Gasteiger partial charge in [0.1, 0.15) is 24.7 Å². The second kappa shape index (κ2) is 9.82. The van der Waals surface area contributed by atoms with Gasteiger partial charge >= 0.3 is 6.03 Å². The first-order chi connectivity index (χ1) is 16.8. The average Bonchev–Trinajstić information content (AvgIpc) is 3.19. The van der Waals surface area contributed by atoms with Crippen molar-refractivity contribution in [2.45, 2.75) is 64.3 Å². The highest BCUT2D eigenvalue weighted by atomic mass is 16.6. The molecule has 2 aromatic rings. The molecule has 2 aliphatic carbocycles. The first-order valence-corrected chi connectivity index (χ1v) is 13.1. The van der Waals surface area contributed by atoms with Crippen LogP contribution in [-0.4, -0.2) is 42.3 Å². The molecule has 0 radical (unpaired) electrons. The third-order valence-electron chi connectivity index (χ3n) is 8.07. The van der Waals surface area contributed by atoms with E-state index in [1.54, 1.807) is 4.90 Å². The average molecular weight is 478 g/mol. The van der Waals surface area contributed by atoms with Gasteiger partial charge in [-0.25, -0.2) is 4.79 Å². The molecule has 5 rings (SSSR count). The quantitative estimate of drug-likeness (QED) is 0.539. The molecule has 0 spiro atoms. The molecule has 35 heavy (non-hydrogen) atoms. The Morgan fingerprint density at radius 3 is 2.40 bits per heavy atom. The lowest BCUT2D eigenvalue weighted by molar-refractivity contribution is -0.0398. The lowest BCUT2D eigenvalue weighted by Crippen LogP contribution is -2.42. The summed E-state index contributed by atoms with van der Waals surface area (Å²) in [6.07, 6.45) is 5.04. The molecule has 1 saturated heterocycles. The molecule has 1 heterocycles. The summed E-state index contributed by atoms with van der Waals surface area (Å²) in [6, 6.07) is 17.7. The van der Waals surface area contributed by atoms with Gasteiger partial charge in [0.25, 0.3) is 0 Å². The molecule has 4 unspecified atom stereocenters. The molecule has 6 nitrogen and oxygen atoms in total. The molecule has 2 N–H and O–H groups in total. The van der Waals surface area contributed by atoms with Crippen molar-refractivity contribution in [3.8, 4) is 5.75 Å². The molecule has 2 saturated carbocycles. The zero-order valence-corrected chi connectivity index (χ0v) is 21.2. The number of primary amides is 1. The van der Waals surface area contributed by atoms with Crippen molar-refractivity contribution in [3.63, 3.8) is 0 Å². The molecule has 6 heteroatoms. The zero-order valence-electron chi connectivity index (χ0n) is 21.2. The number of fused-ring (bicyclic) bond motifs is 1. The Balaban J connectivity index is 1.17. The maximum absolute atomic E-state index is 12.1. The molecule has 188 valence electrons. The van der Waals surface area contributed by atoms with Crippen LogP contribution in [-0.2, 0) is 4.74 Å². The van der Waals surface area contributed by atoms with E-state index >= 15 is 0 Å². The van der Waals surface area contributed by atoms with Crippen molar-refractivity contribution in [2.24, 2.45) is 23.5 Å². The number of urea groups is 1. The van der Waals surface area contributed by atoms with Gasteiger partial charge in [0.15, 0.2) is 0 Å². The van der Waals surface area contributed by atoms with Crippen LogP contribution < -0.4 is 15.4 Å². The normalized spacial score (nSPS) is 28.0. The smallest absolute Gasteiger partial charge is 0.319 e. The molecule has 0 aromatic heterocycles. The lowest BCUT2D eigenvalue weighted by atomic mass is 10.0. The highest BCUT2D eigenvalue weighted by molar-refractivity contribution is 5.90. The number of benzene rings is 2. The van der Waals surface area contributed by atoms with Gasteiger partial charge in [0, 0.05) is 24.3 Å². The Labute approximate surface area is 209 Å². The third kappa shape index (κ3) is 5.34. The summed E-state index contributed by atoms with van der Waals surface area (Å²) in [5, 5.41) is 0. The Morgan fingerprint density at radius 2 is 1.77 bits per heavy atom. The Morgan fingerprint density at radius 1 is 1.09 bits per heavy atom. The van der Waals surface area contributed by atoms with Crippen LogP contribution in [0.15, 0.2) is 54.6 Å². The van der Waals surface area contributed by atoms with Gasteiger partial charge in [-0.3, -0.25) is 9.80 Å². The fraction of sp³-hybridized carbons (Fsp3) is 0.552. The van der Waals surface area contributed by atoms with Gasteiger partial charge in [-0.05, 0) is 87.6 Å². The van der Waals surface area contributed by atoms with Crippen LogP contribution in [0.2, 0.25) is 0 Å². The third-order valence-corrected chi connectivity index (χ3v) is 8.07. The van der Waals surface area contributed by atoms with E-state index in [0.717, 1.165) is 47.7 Å². The van der Waals surface area contributed by atoms with Crippen LogP contribution in [0.5, 0.6) is 5.75 Å². The van der Waals surface area contributed by atoms with Crippen LogP contribution >= 0.6 is 0 Å². The zero-order chi connectivity index (χ0) is 24.6. The number of carbonyl (C=O) groups excluding carboxylic acids is 1. The number of amides is 2. The van der Waals surface area contributed by atoms with Crippen LogP contribution in [0, 0.1) is 17.8 Å². The monoisotopic (exact) mass is 477 g/mol.